The van der Waals surface area contributed by atoms with Gasteiger partial charge in [0, 0.05) is 31.3 Å². The summed E-state index contributed by atoms with van der Waals surface area (Å²) < 4.78 is 5.83. The summed E-state index contributed by atoms with van der Waals surface area (Å²) in [7, 11) is 4.38. The topological polar surface area (TPSA) is 36.5 Å². The molecule has 0 amide bonds. The van der Waals surface area contributed by atoms with E-state index in [1.54, 1.807) is 0 Å². The quantitative estimate of drug-likeness (QED) is 0.761. The van der Waals surface area contributed by atoms with Crippen molar-refractivity contribution in [2.45, 2.75) is 89.1 Å². The highest BCUT2D eigenvalue weighted by atomic mass is 16.5. The molecule has 4 heteroatoms. The van der Waals surface area contributed by atoms with Crippen LogP contribution in [0.15, 0.2) is 0 Å². The van der Waals surface area contributed by atoms with Crippen LogP contribution in [0.1, 0.15) is 58.8 Å². The van der Waals surface area contributed by atoms with Gasteiger partial charge in [-0.05, 0) is 101 Å². The van der Waals surface area contributed by atoms with Crippen LogP contribution < -0.4 is 10.6 Å². The Balaban J connectivity index is 1.38. The highest BCUT2D eigenvalue weighted by Gasteiger charge is 2.57. The third-order valence-electron chi connectivity index (χ3n) is 9.89. The molecule has 5 aliphatic rings. The molecule has 3 aliphatic heterocycles. The van der Waals surface area contributed by atoms with Gasteiger partial charge in [0.2, 0.25) is 0 Å². The Morgan fingerprint density at radius 1 is 0.857 bits per heavy atom. The van der Waals surface area contributed by atoms with Crippen molar-refractivity contribution in [2.75, 3.05) is 27.2 Å². The van der Waals surface area contributed by atoms with Gasteiger partial charge < -0.3 is 15.4 Å². The van der Waals surface area contributed by atoms with Gasteiger partial charge in [0.25, 0.3) is 0 Å². The average Bonchev–Trinajstić information content (AvgIpc) is 3.00. The SMILES string of the molecule is COC1CCC2C(C1)C1CC3C(CCNC3C3CCC(C)CN3)C(C)C1N2C. The predicted octanol–water partition coefficient (Wildman–Crippen LogP) is 3.12. The van der Waals surface area contributed by atoms with E-state index in [1.807, 2.05) is 7.11 Å². The van der Waals surface area contributed by atoms with Gasteiger partial charge in [0.1, 0.15) is 0 Å². The third kappa shape index (κ3) is 3.18. The molecule has 0 bridgehead atoms. The molecule has 2 aliphatic carbocycles. The summed E-state index contributed by atoms with van der Waals surface area (Å²) in [6, 6.07) is 3.01. The first-order valence-corrected chi connectivity index (χ1v) is 12.3. The van der Waals surface area contributed by atoms with Crippen molar-refractivity contribution in [2.24, 2.45) is 35.5 Å². The highest BCUT2D eigenvalue weighted by molar-refractivity contribution is 5.11. The van der Waals surface area contributed by atoms with E-state index >= 15 is 0 Å². The first-order valence-electron chi connectivity index (χ1n) is 12.3. The summed E-state index contributed by atoms with van der Waals surface area (Å²) >= 11 is 0. The second kappa shape index (κ2) is 7.83. The van der Waals surface area contributed by atoms with Crippen LogP contribution in [0.3, 0.4) is 0 Å². The van der Waals surface area contributed by atoms with Gasteiger partial charge in [0.15, 0.2) is 0 Å². The Morgan fingerprint density at radius 3 is 2.46 bits per heavy atom. The fraction of sp³-hybridized carbons (Fsp3) is 1.00. The number of fused-ring (bicyclic) bond motifs is 4. The zero-order valence-electron chi connectivity index (χ0n) is 18.6. The number of methoxy groups -OCH3 is 1. The van der Waals surface area contributed by atoms with Crippen LogP contribution in [-0.4, -0.2) is 62.4 Å². The van der Waals surface area contributed by atoms with Crippen LogP contribution in [0.25, 0.3) is 0 Å². The molecule has 5 fully saturated rings. The largest absolute Gasteiger partial charge is 0.381 e. The lowest BCUT2D eigenvalue weighted by atomic mass is 9.58. The Bertz CT molecular complexity index is 548. The van der Waals surface area contributed by atoms with Gasteiger partial charge in [0.05, 0.1) is 6.10 Å². The molecule has 3 saturated heterocycles. The highest BCUT2D eigenvalue weighted by Crippen LogP contribution is 2.55. The first kappa shape index (κ1) is 19.8. The van der Waals surface area contributed by atoms with Gasteiger partial charge in [-0.3, -0.25) is 4.90 Å². The molecule has 0 aromatic carbocycles. The second-order valence-electron chi connectivity index (χ2n) is 11.1. The monoisotopic (exact) mass is 389 g/mol. The number of hydrogen-bond acceptors (Lipinski definition) is 4. The molecule has 2 N–H and O–H groups in total. The molecule has 0 spiro atoms. The number of nitrogens with one attached hydrogen (secondary N) is 2. The number of likely N-dealkylation sites (tertiary alicyclic amines) is 1. The summed E-state index contributed by atoms with van der Waals surface area (Å²) in [4.78, 5) is 2.83. The first-order chi connectivity index (χ1) is 13.6. The minimum atomic E-state index is 0.503. The lowest BCUT2D eigenvalue weighted by Crippen LogP contribution is -2.62. The number of nitrogens with zero attached hydrogens (tertiary/aromatic N) is 1. The van der Waals surface area contributed by atoms with E-state index in [0.717, 1.165) is 47.6 Å². The van der Waals surface area contributed by atoms with Crippen LogP contribution in [-0.2, 0) is 4.74 Å². The van der Waals surface area contributed by atoms with Gasteiger partial charge in [-0.2, -0.15) is 0 Å². The molecule has 11 atom stereocenters. The van der Waals surface area contributed by atoms with Crippen molar-refractivity contribution < 1.29 is 4.74 Å². The van der Waals surface area contributed by atoms with Crippen molar-refractivity contribution in [1.29, 1.82) is 0 Å². The molecule has 0 aromatic heterocycles. The molecule has 28 heavy (non-hydrogen) atoms. The maximum atomic E-state index is 5.83. The normalized spacial score (nSPS) is 54.6. The molecule has 3 heterocycles. The second-order valence-corrected chi connectivity index (χ2v) is 11.1. The van der Waals surface area contributed by atoms with Crippen molar-refractivity contribution >= 4 is 0 Å². The minimum absolute atomic E-state index is 0.503. The number of rotatable bonds is 2. The molecular weight excluding hydrogens is 346 g/mol. The zero-order valence-corrected chi connectivity index (χ0v) is 18.6. The smallest absolute Gasteiger partial charge is 0.0575 e. The van der Waals surface area contributed by atoms with Crippen LogP contribution in [0.2, 0.25) is 0 Å². The Labute approximate surface area is 172 Å². The van der Waals surface area contributed by atoms with E-state index in [0.29, 0.717) is 18.2 Å². The van der Waals surface area contributed by atoms with E-state index in [2.05, 4.69) is 36.4 Å². The maximum absolute atomic E-state index is 5.83. The fourth-order valence-electron chi connectivity index (χ4n) is 8.54. The fourth-order valence-corrected chi connectivity index (χ4v) is 8.54. The van der Waals surface area contributed by atoms with Gasteiger partial charge in [-0.15, -0.1) is 0 Å². The van der Waals surface area contributed by atoms with Gasteiger partial charge in [-0.1, -0.05) is 13.8 Å². The Hall–Kier alpha value is -0.160. The molecule has 4 nitrogen and oxygen atoms in total. The van der Waals surface area contributed by atoms with Crippen molar-refractivity contribution in [1.82, 2.24) is 15.5 Å². The van der Waals surface area contributed by atoms with E-state index in [9.17, 15) is 0 Å². The van der Waals surface area contributed by atoms with Crippen LogP contribution >= 0.6 is 0 Å². The maximum Gasteiger partial charge on any atom is 0.0575 e. The Morgan fingerprint density at radius 2 is 1.71 bits per heavy atom. The Kier molecular flexibility index (Phi) is 5.53. The van der Waals surface area contributed by atoms with Crippen LogP contribution in [0.4, 0.5) is 0 Å². The van der Waals surface area contributed by atoms with Crippen LogP contribution in [0.5, 0.6) is 0 Å². The molecule has 5 rings (SSSR count). The van der Waals surface area contributed by atoms with Gasteiger partial charge in [-0.25, -0.2) is 0 Å². The zero-order chi connectivity index (χ0) is 19.4. The van der Waals surface area contributed by atoms with Crippen LogP contribution in [0, 0.1) is 35.5 Å². The number of piperidine rings is 2. The number of ether oxygens (including phenoxy) is 1. The summed E-state index contributed by atoms with van der Waals surface area (Å²) in [5, 5.41) is 7.94. The molecule has 11 unspecified atom stereocenters. The summed E-state index contributed by atoms with van der Waals surface area (Å²) in [6.07, 6.45) is 10.0. The standard InChI is InChI=1S/C24H43N3O/c1-14-5-7-21(26-13-14)23-19-12-20-18-11-16(28-4)6-8-22(18)27(3)24(20)15(2)17(19)9-10-25-23/h14-26H,5-13H2,1-4H3. The lowest BCUT2D eigenvalue weighted by molar-refractivity contribution is -0.00999. The lowest BCUT2D eigenvalue weighted by Gasteiger charge is -2.53. The van der Waals surface area contributed by atoms with Crippen molar-refractivity contribution in [3.8, 4) is 0 Å². The van der Waals surface area contributed by atoms with Crippen molar-refractivity contribution in [3.63, 3.8) is 0 Å². The third-order valence-corrected chi connectivity index (χ3v) is 9.89. The number of hydrogen-bond donors (Lipinski definition) is 2. The molecule has 0 radical (unpaired) electrons. The molecule has 0 aromatic rings. The average molecular weight is 390 g/mol. The molecule has 160 valence electrons. The summed E-state index contributed by atoms with van der Waals surface area (Å²) in [5.41, 5.74) is 0. The van der Waals surface area contributed by atoms with E-state index in [4.69, 9.17) is 4.74 Å². The summed E-state index contributed by atoms with van der Waals surface area (Å²) in [5.74, 6) is 5.21. The van der Waals surface area contributed by atoms with E-state index < -0.39 is 0 Å². The summed E-state index contributed by atoms with van der Waals surface area (Å²) in [6.45, 7) is 7.45. The van der Waals surface area contributed by atoms with E-state index in [1.165, 1.54) is 58.0 Å². The van der Waals surface area contributed by atoms with Crippen molar-refractivity contribution in [3.05, 3.63) is 0 Å². The molecule has 2 saturated carbocycles. The van der Waals surface area contributed by atoms with E-state index in [-0.39, 0.29) is 0 Å². The van der Waals surface area contributed by atoms with Gasteiger partial charge >= 0.3 is 0 Å². The minimum Gasteiger partial charge on any atom is -0.381 e. The molecular formula is C24H43N3O. The predicted molar refractivity (Wildman–Crippen MR) is 114 cm³/mol.